The van der Waals surface area contributed by atoms with Crippen LogP contribution in [0.3, 0.4) is 0 Å². The maximum absolute atomic E-state index is 5.59. The van der Waals surface area contributed by atoms with Crippen LogP contribution in [0.1, 0.15) is 11.1 Å². The number of piperazine rings is 1. The highest BCUT2D eigenvalue weighted by molar-refractivity contribution is 5.68. The number of nitrogens with one attached hydrogen (secondary N) is 1. The molecule has 4 heteroatoms. The lowest BCUT2D eigenvalue weighted by molar-refractivity contribution is 0.396. The average molecular weight is 250 g/mol. The summed E-state index contributed by atoms with van der Waals surface area (Å²) in [6.45, 7) is 8.18. The van der Waals surface area contributed by atoms with Crippen molar-refractivity contribution < 1.29 is 9.47 Å². The maximum atomic E-state index is 5.59. The van der Waals surface area contributed by atoms with Crippen LogP contribution in [0.25, 0.3) is 0 Å². The van der Waals surface area contributed by atoms with Crippen molar-refractivity contribution in [2.45, 2.75) is 13.8 Å². The molecule has 0 unspecified atom stereocenters. The van der Waals surface area contributed by atoms with E-state index >= 15 is 0 Å². The van der Waals surface area contributed by atoms with Gasteiger partial charge in [-0.1, -0.05) is 0 Å². The molecule has 18 heavy (non-hydrogen) atoms. The number of nitrogens with zero attached hydrogens (tertiary/aromatic N) is 1. The summed E-state index contributed by atoms with van der Waals surface area (Å²) in [5, 5.41) is 3.36. The van der Waals surface area contributed by atoms with Crippen LogP contribution in [0.15, 0.2) is 6.07 Å². The Bertz CT molecular complexity index is 426. The monoisotopic (exact) mass is 250 g/mol. The molecule has 0 bridgehead atoms. The Balaban J connectivity index is 2.46. The zero-order chi connectivity index (χ0) is 13.1. The number of benzene rings is 1. The van der Waals surface area contributed by atoms with E-state index in [2.05, 4.69) is 30.1 Å². The van der Waals surface area contributed by atoms with E-state index in [1.165, 1.54) is 0 Å². The van der Waals surface area contributed by atoms with E-state index in [1.807, 2.05) is 0 Å². The molecular formula is C14H22N2O2. The lowest BCUT2D eigenvalue weighted by atomic mass is 10.1. The van der Waals surface area contributed by atoms with Crippen LogP contribution in [0.2, 0.25) is 0 Å². The topological polar surface area (TPSA) is 33.7 Å². The lowest BCUT2D eigenvalue weighted by Crippen LogP contribution is -2.43. The van der Waals surface area contributed by atoms with Gasteiger partial charge >= 0.3 is 0 Å². The summed E-state index contributed by atoms with van der Waals surface area (Å²) >= 11 is 0. The minimum absolute atomic E-state index is 0.932. The normalized spacial score (nSPS) is 15.7. The summed E-state index contributed by atoms with van der Waals surface area (Å²) < 4.78 is 11.1. The summed E-state index contributed by atoms with van der Waals surface area (Å²) in [6.07, 6.45) is 0. The molecule has 0 aliphatic carbocycles. The molecule has 0 aromatic heterocycles. The van der Waals surface area contributed by atoms with E-state index in [9.17, 15) is 0 Å². The van der Waals surface area contributed by atoms with E-state index < -0.39 is 0 Å². The van der Waals surface area contributed by atoms with Crippen molar-refractivity contribution in [2.24, 2.45) is 0 Å². The molecule has 0 saturated carbocycles. The molecule has 1 heterocycles. The molecule has 0 spiro atoms. The maximum Gasteiger partial charge on any atom is 0.145 e. The van der Waals surface area contributed by atoms with Gasteiger partial charge in [-0.15, -0.1) is 0 Å². The van der Waals surface area contributed by atoms with Crippen LogP contribution in [0.4, 0.5) is 5.69 Å². The van der Waals surface area contributed by atoms with Gasteiger partial charge in [-0.2, -0.15) is 0 Å². The van der Waals surface area contributed by atoms with Crippen LogP contribution in [0, 0.1) is 13.8 Å². The number of methoxy groups -OCH3 is 2. The highest BCUT2D eigenvalue weighted by Crippen LogP contribution is 2.39. The van der Waals surface area contributed by atoms with Crippen molar-refractivity contribution in [3.63, 3.8) is 0 Å². The fourth-order valence-electron chi connectivity index (χ4n) is 2.46. The third-order valence-electron chi connectivity index (χ3n) is 3.65. The highest BCUT2D eigenvalue weighted by atomic mass is 16.5. The Morgan fingerprint density at radius 3 is 2.28 bits per heavy atom. The minimum atomic E-state index is 0.932. The predicted molar refractivity (Wildman–Crippen MR) is 74.1 cm³/mol. The Hall–Kier alpha value is -1.42. The van der Waals surface area contributed by atoms with Gasteiger partial charge in [0.25, 0.3) is 0 Å². The Morgan fingerprint density at radius 2 is 1.72 bits per heavy atom. The van der Waals surface area contributed by atoms with E-state index in [1.54, 1.807) is 14.2 Å². The first-order chi connectivity index (χ1) is 8.69. The number of hydrogen-bond acceptors (Lipinski definition) is 4. The summed E-state index contributed by atoms with van der Waals surface area (Å²) in [6, 6.07) is 2.09. The highest BCUT2D eigenvalue weighted by Gasteiger charge is 2.19. The molecule has 1 saturated heterocycles. The standard InChI is InChI=1S/C14H22N2O2/c1-10-11(2)14(18-4)12(9-13(10)17-3)16-7-5-15-6-8-16/h9,15H,5-8H2,1-4H3. The predicted octanol–water partition coefficient (Wildman–Crippen LogP) is 1.73. The zero-order valence-electron chi connectivity index (χ0n) is 11.7. The van der Waals surface area contributed by atoms with Gasteiger partial charge in [-0.3, -0.25) is 0 Å². The molecular weight excluding hydrogens is 228 g/mol. The van der Waals surface area contributed by atoms with Crippen molar-refractivity contribution in [3.05, 3.63) is 17.2 Å². The van der Waals surface area contributed by atoms with E-state index in [4.69, 9.17) is 9.47 Å². The molecule has 1 aliphatic heterocycles. The van der Waals surface area contributed by atoms with Crippen molar-refractivity contribution in [1.29, 1.82) is 0 Å². The molecule has 1 aliphatic rings. The number of anilines is 1. The quantitative estimate of drug-likeness (QED) is 0.886. The van der Waals surface area contributed by atoms with Crippen LogP contribution in [0.5, 0.6) is 11.5 Å². The molecule has 1 aromatic carbocycles. The Morgan fingerprint density at radius 1 is 1.06 bits per heavy atom. The van der Waals surface area contributed by atoms with Gasteiger partial charge in [0.2, 0.25) is 0 Å². The van der Waals surface area contributed by atoms with Crippen LogP contribution < -0.4 is 19.7 Å². The van der Waals surface area contributed by atoms with Crippen molar-refractivity contribution in [2.75, 3.05) is 45.3 Å². The molecule has 1 N–H and O–H groups in total. The molecule has 1 aromatic rings. The van der Waals surface area contributed by atoms with Gasteiger partial charge in [0.15, 0.2) is 0 Å². The van der Waals surface area contributed by atoms with Crippen molar-refractivity contribution in [1.82, 2.24) is 5.32 Å². The van der Waals surface area contributed by atoms with Gasteiger partial charge < -0.3 is 19.7 Å². The summed E-state index contributed by atoms with van der Waals surface area (Å²) in [7, 11) is 3.45. The molecule has 2 rings (SSSR count). The summed E-state index contributed by atoms with van der Waals surface area (Å²) in [4.78, 5) is 2.35. The molecule has 1 fully saturated rings. The minimum Gasteiger partial charge on any atom is -0.496 e. The first-order valence-electron chi connectivity index (χ1n) is 6.37. The van der Waals surface area contributed by atoms with Crippen LogP contribution in [-0.2, 0) is 0 Å². The first kappa shape index (κ1) is 13.0. The molecule has 0 amide bonds. The third kappa shape index (κ3) is 2.25. The molecule has 4 nitrogen and oxygen atoms in total. The molecule has 100 valence electrons. The second-order valence-corrected chi connectivity index (χ2v) is 4.62. The van der Waals surface area contributed by atoms with Gasteiger partial charge in [0.1, 0.15) is 11.5 Å². The first-order valence-corrected chi connectivity index (χ1v) is 6.37. The molecule has 0 atom stereocenters. The van der Waals surface area contributed by atoms with E-state index in [-0.39, 0.29) is 0 Å². The number of ether oxygens (including phenoxy) is 2. The summed E-state index contributed by atoms with van der Waals surface area (Å²) in [5.74, 6) is 1.90. The van der Waals surface area contributed by atoms with Gasteiger partial charge in [0.05, 0.1) is 19.9 Å². The number of rotatable bonds is 3. The average Bonchev–Trinajstić information content (AvgIpc) is 2.42. The van der Waals surface area contributed by atoms with Crippen LogP contribution in [-0.4, -0.2) is 40.4 Å². The van der Waals surface area contributed by atoms with Gasteiger partial charge in [-0.05, 0) is 25.0 Å². The smallest absolute Gasteiger partial charge is 0.145 e. The Labute approximate surface area is 109 Å². The SMILES string of the molecule is COc1cc(N2CCNCC2)c(OC)c(C)c1C. The number of hydrogen-bond donors (Lipinski definition) is 1. The fourth-order valence-corrected chi connectivity index (χ4v) is 2.46. The van der Waals surface area contributed by atoms with Crippen molar-refractivity contribution in [3.8, 4) is 11.5 Å². The zero-order valence-corrected chi connectivity index (χ0v) is 11.7. The summed E-state index contributed by atoms with van der Waals surface area (Å²) in [5.41, 5.74) is 3.44. The van der Waals surface area contributed by atoms with E-state index in [0.717, 1.165) is 54.5 Å². The second kappa shape index (κ2) is 5.48. The molecule has 0 radical (unpaired) electrons. The third-order valence-corrected chi connectivity index (χ3v) is 3.65. The van der Waals surface area contributed by atoms with Gasteiger partial charge in [0, 0.05) is 32.2 Å². The van der Waals surface area contributed by atoms with Crippen LogP contribution >= 0.6 is 0 Å². The lowest BCUT2D eigenvalue weighted by Gasteiger charge is -2.31. The van der Waals surface area contributed by atoms with Gasteiger partial charge in [-0.25, -0.2) is 0 Å². The largest absolute Gasteiger partial charge is 0.496 e. The fraction of sp³-hybridized carbons (Fsp3) is 0.571. The van der Waals surface area contributed by atoms with E-state index in [0.29, 0.717) is 0 Å². The second-order valence-electron chi connectivity index (χ2n) is 4.62. The Kier molecular flexibility index (Phi) is 3.97. The van der Waals surface area contributed by atoms with Crippen molar-refractivity contribution >= 4 is 5.69 Å².